The Hall–Kier alpha value is -0.0831. The molecular weight excluding hydrogens is 152 g/mol. The van der Waals surface area contributed by atoms with Crippen LogP contribution in [0.5, 0.6) is 0 Å². The monoisotopic (exact) mass is 172 g/mol. The molecule has 11 heavy (non-hydrogen) atoms. The SMILES string of the molecule is C[C@@H](/C=C/C[Si](C)(C)C)CO. The molecule has 0 aliphatic rings. The fourth-order valence-electron chi connectivity index (χ4n) is 0.715. The van der Waals surface area contributed by atoms with Crippen molar-refractivity contribution in [3.8, 4) is 0 Å². The van der Waals surface area contributed by atoms with E-state index in [2.05, 4.69) is 31.8 Å². The highest BCUT2D eigenvalue weighted by atomic mass is 28.3. The number of allylic oxidation sites excluding steroid dienone is 1. The molecule has 0 heterocycles. The van der Waals surface area contributed by atoms with Crippen LogP contribution < -0.4 is 0 Å². The molecule has 0 saturated carbocycles. The van der Waals surface area contributed by atoms with Crippen LogP contribution >= 0.6 is 0 Å². The fraction of sp³-hybridized carbons (Fsp3) is 0.778. The molecule has 1 atom stereocenters. The molecule has 0 aromatic rings. The van der Waals surface area contributed by atoms with Gasteiger partial charge in [-0.1, -0.05) is 38.7 Å². The van der Waals surface area contributed by atoms with Crippen LogP contribution in [0.15, 0.2) is 12.2 Å². The summed E-state index contributed by atoms with van der Waals surface area (Å²) in [5.41, 5.74) is 0. The van der Waals surface area contributed by atoms with Crippen molar-refractivity contribution in [2.24, 2.45) is 5.92 Å². The Balaban J connectivity index is 3.60. The van der Waals surface area contributed by atoms with Gasteiger partial charge in [0.2, 0.25) is 0 Å². The van der Waals surface area contributed by atoms with Gasteiger partial charge in [0.05, 0.1) is 0 Å². The lowest BCUT2D eigenvalue weighted by molar-refractivity contribution is 0.262. The number of hydrogen-bond acceptors (Lipinski definition) is 1. The molecule has 0 aromatic heterocycles. The molecule has 0 aromatic carbocycles. The summed E-state index contributed by atoms with van der Waals surface area (Å²) in [5.74, 6) is 0.325. The molecule has 0 spiro atoms. The highest BCUT2D eigenvalue weighted by Crippen LogP contribution is 2.09. The summed E-state index contributed by atoms with van der Waals surface area (Å²) in [7, 11) is -0.905. The van der Waals surface area contributed by atoms with E-state index in [1.54, 1.807) is 0 Å². The summed E-state index contributed by atoms with van der Waals surface area (Å²) in [6, 6.07) is 1.22. The zero-order valence-electron chi connectivity index (χ0n) is 8.09. The first-order chi connectivity index (χ1) is 4.95. The molecule has 0 bridgehead atoms. The molecule has 0 unspecified atom stereocenters. The van der Waals surface area contributed by atoms with Gasteiger partial charge in [-0.05, 0) is 12.0 Å². The van der Waals surface area contributed by atoms with Crippen LogP contribution in [0.2, 0.25) is 25.7 Å². The standard InChI is InChI=1S/C9H20OSi/c1-9(8-10)6-5-7-11(2,3)4/h5-6,9-10H,7-8H2,1-4H3/b6-5+/t9-/m0/s1. The second-order valence-corrected chi connectivity index (χ2v) is 9.88. The van der Waals surface area contributed by atoms with Crippen LogP contribution in [0.4, 0.5) is 0 Å². The first-order valence-corrected chi connectivity index (χ1v) is 7.94. The van der Waals surface area contributed by atoms with Crippen molar-refractivity contribution in [3.05, 3.63) is 12.2 Å². The van der Waals surface area contributed by atoms with Crippen LogP contribution in [-0.4, -0.2) is 19.8 Å². The zero-order valence-corrected chi connectivity index (χ0v) is 9.09. The molecule has 1 nitrogen and oxygen atoms in total. The molecule has 0 aliphatic heterocycles. The Bertz CT molecular complexity index is 124. The minimum Gasteiger partial charge on any atom is -0.396 e. The summed E-state index contributed by atoms with van der Waals surface area (Å²) in [6.45, 7) is 9.34. The Morgan fingerprint density at radius 1 is 1.36 bits per heavy atom. The van der Waals surface area contributed by atoms with Gasteiger partial charge in [-0.2, -0.15) is 0 Å². The van der Waals surface area contributed by atoms with Crippen molar-refractivity contribution in [2.45, 2.75) is 32.6 Å². The molecule has 66 valence electrons. The summed E-state index contributed by atoms with van der Waals surface area (Å²) in [5, 5.41) is 8.72. The van der Waals surface area contributed by atoms with Crippen molar-refractivity contribution >= 4 is 8.07 Å². The number of aliphatic hydroxyl groups is 1. The average molecular weight is 172 g/mol. The highest BCUT2D eigenvalue weighted by Gasteiger charge is 2.09. The minimum atomic E-state index is -0.905. The van der Waals surface area contributed by atoms with E-state index in [0.29, 0.717) is 5.92 Å². The fourth-order valence-corrected chi connectivity index (χ4v) is 1.56. The normalized spacial score (nSPS) is 15.7. The number of hydrogen-bond donors (Lipinski definition) is 1. The Morgan fingerprint density at radius 2 is 1.91 bits per heavy atom. The smallest absolute Gasteiger partial charge is 0.0491 e. The molecule has 0 aliphatic carbocycles. The van der Waals surface area contributed by atoms with E-state index in [1.807, 2.05) is 6.92 Å². The summed E-state index contributed by atoms with van der Waals surface area (Å²) in [6.07, 6.45) is 4.32. The van der Waals surface area contributed by atoms with Gasteiger partial charge in [0, 0.05) is 14.7 Å². The van der Waals surface area contributed by atoms with E-state index in [4.69, 9.17) is 5.11 Å². The third-order valence-electron chi connectivity index (χ3n) is 1.48. The van der Waals surface area contributed by atoms with Gasteiger partial charge in [-0.3, -0.25) is 0 Å². The van der Waals surface area contributed by atoms with Gasteiger partial charge in [-0.15, -0.1) is 0 Å². The van der Waals surface area contributed by atoms with E-state index >= 15 is 0 Å². The van der Waals surface area contributed by atoms with Gasteiger partial charge >= 0.3 is 0 Å². The molecule has 0 fully saturated rings. The first-order valence-electron chi connectivity index (χ1n) is 4.23. The van der Waals surface area contributed by atoms with E-state index in [1.165, 1.54) is 6.04 Å². The predicted octanol–water partition coefficient (Wildman–Crippen LogP) is 2.51. The van der Waals surface area contributed by atoms with Crippen LogP contribution in [0.3, 0.4) is 0 Å². The largest absolute Gasteiger partial charge is 0.396 e. The first kappa shape index (κ1) is 10.9. The molecule has 0 saturated heterocycles. The van der Waals surface area contributed by atoms with Gasteiger partial charge in [0.15, 0.2) is 0 Å². The van der Waals surface area contributed by atoms with Gasteiger partial charge in [0.25, 0.3) is 0 Å². The third kappa shape index (κ3) is 7.82. The van der Waals surface area contributed by atoms with Crippen LogP contribution in [0.1, 0.15) is 6.92 Å². The number of rotatable bonds is 4. The van der Waals surface area contributed by atoms with E-state index < -0.39 is 8.07 Å². The molecule has 0 amide bonds. The third-order valence-corrected chi connectivity index (χ3v) is 2.94. The van der Waals surface area contributed by atoms with E-state index in [-0.39, 0.29) is 6.61 Å². The quantitative estimate of drug-likeness (QED) is 0.510. The second kappa shape index (κ2) is 4.73. The van der Waals surface area contributed by atoms with E-state index in [9.17, 15) is 0 Å². The number of aliphatic hydroxyl groups excluding tert-OH is 1. The van der Waals surface area contributed by atoms with E-state index in [0.717, 1.165) is 0 Å². The maximum absolute atomic E-state index is 8.72. The second-order valence-electron chi connectivity index (χ2n) is 4.35. The van der Waals surface area contributed by atoms with Crippen molar-refractivity contribution in [2.75, 3.05) is 6.61 Å². The molecule has 0 radical (unpaired) electrons. The zero-order chi connectivity index (χ0) is 8.91. The molecular formula is C9H20OSi. The van der Waals surface area contributed by atoms with Gasteiger partial charge in [0.1, 0.15) is 0 Å². The van der Waals surface area contributed by atoms with Crippen molar-refractivity contribution < 1.29 is 5.11 Å². The maximum atomic E-state index is 8.72. The lowest BCUT2D eigenvalue weighted by Gasteiger charge is -2.12. The molecule has 1 N–H and O–H groups in total. The lowest BCUT2D eigenvalue weighted by Crippen LogP contribution is -2.17. The average Bonchev–Trinajstić information content (AvgIpc) is 1.85. The summed E-state index contributed by atoms with van der Waals surface area (Å²) in [4.78, 5) is 0. The van der Waals surface area contributed by atoms with Gasteiger partial charge < -0.3 is 5.11 Å². The van der Waals surface area contributed by atoms with Crippen LogP contribution in [-0.2, 0) is 0 Å². The summed E-state index contributed by atoms with van der Waals surface area (Å²) >= 11 is 0. The van der Waals surface area contributed by atoms with Crippen molar-refractivity contribution in [3.63, 3.8) is 0 Å². The highest BCUT2D eigenvalue weighted by molar-refractivity contribution is 6.76. The molecule has 2 heteroatoms. The topological polar surface area (TPSA) is 20.2 Å². The maximum Gasteiger partial charge on any atom is 0.0491 e. The summed E-state index contributed by atoms with van der Waals surface area (Å²) < 4.78 is 0. The van der Waals surface area contributed by atoms with Crippen LogP contribution in [0.25, 0.3) is 0 Å². The van der Waals surface area contributed by atoms with Crippen LogP contribution in [0, 0.1) is 5.92 Å². The van der Waals surface area contributed by atoms with Gasteiger partial charge in [-0.25, -0.2) is 0 Å². The Morgan fingerprint density at radius 3 is 2.27 bits per heavy atom. The lowest BCUT2D eigenvalue weighted by atomic mass is 10.2. The predicted molar refractivity (Wildman–Crippen MR) is 53.5 cm³/mol. The van der Waals surface area contributed by atoms with Crippen molar-refractivity contribution in [1.29, 1.82) is 0 Å². The Kier molecular flexibility index (Phi) is 4.69. The van der Waals surface area contributed by atoms with Crippen molar-refractivity contribution in [1.82, 2.24) is 0 Å². The Labute approximate surface area is 71.1 Å². The molecule has 0 rings (SSSR count). The minimum absolute atomic E-state index is 0.266.